The van der Waals surface area contributed by atoms with E-state index in [2.05, 4.69) is 51.6 Å². The molecule has 2 unspecified atom stereocenters. The molecular weight excluding hydrogens is 222 g/mol. The first-order chi connectivity index (χ1) is 8.23. The van der Waals surface area contributed by atoms with E-state index in [0.717, 1.165) is 6.54 Å². The van der Waals surface area contributed by atoms with Gasteiger partial charge in [0.05, 0.1) is 0 Å². The van der Waals surface area contributed by atoms with Crippen LogP contribution < -0.4 is 5.73 Å². The molecule has 18 heavy (non-hydrogen) atoms. The fourth-order valence-corrected chi connectivity index (χ4v) is 3.01. The van der Waals surface area contributed by atoms with Crippen molar-refractivity contribution in [2.75, 3.05) is 33.7 Å². The molecule has 0 aliphatic carbocycles. The Morgan fingerprint density at radius 3 is 2.39 bits per heavy atom. The minimum absolute atomic E-state index is 0.192. The van der Waals surface area contributed by atoms with Crippen LogP contribution in [0.25, 0.3) is 0 Å². The normalized spacial score (nSPS) is 29.3. The summed E-state index contributed by atoms with van der Waals surface area (Å²) in [6.45, 7) is 12.4. The maximum absolute atomic E-state index is 6.17. The molecule has 0 aromatic carbocycles. The van der Waals surface area contributed by atoms with E-state index in [9.17, 15) is 0 Å². The zero-order valence-corrected chi connectivity index (χ0v) is 13.3. The van der Waals surface area contributed by atoms with Crippen molar-refractivity contribution < 1.29 is 0 Å². The standard InChI is InChI=1S/C15H33N3/c1-13(14(2,3)4)18(6)15(12-16)8-7-10-17(5)11-9-15/h13H,7-12,16H2,1-6H3. The summed E-state index contributed by atoms with van der Waals surface area (Å²) in [5.74, 6) is 0. The van der Waals surface area contributed by atoms with Gasteiger partial charge in [-0.25, -0.2) is 0 Å². The van der Waals surface area contributed by atoms with Crippen molar-refractivity contribution in [2.45, 2.75) is 58.5 Å². The van der Waals surface area contributed by atoms with E-state index in [1.54, 1.807) is 0 Å². The number of likely N-dealkylation sites (N-methyl/N-ethyl adjacent to an activating group) is 1. The molecule has 1 heterocycles. The maximum atomic E-state index is 6.17. The first-order valence-corrected chi connectivity index (χ1v) is 7.34. The van der Waals surface area contributed by atoms with Crippen molar-refractivity contribution in [1.82, 2.24) is 9.80 Å². The van der Waals surface area contributed by atoms with Crippen LogP contribution in [0.3, 0.4) is 0 Å². The van der Waals surface area contributed by atoms with Crippen LogP contribution in [-0.2, 0) is 0 Å². The summed E-state index contributed by atoms with van der Waals surface area (Å²) in [5, 5.41) is 0. The molecule has 3 heteroatoms. The van der Waals surface area contributed by atoms with Crippen molar-refractivity contribution in [3.63, 3.8) is 0 Å². The number of likely N-dealkylation sites (tertiary alicyclic amines) is 1. The Morgan fingerprint density at radius 2 is 1.89 bits per heavy atom. The summed E-state index contributed by atoms with van der Waals surface area (Å²) in [5.41, 5.74) is 6.67. The summed E-state index contributed by atoms with van der Waals surface area (Å²) >= 11 is 0. The van der Waals surface area contributed by atoms with Crippen LogP contribution in [0, 0.1) is 5.41 Å². The smallest absolute Gasteiger partial charge is 0.0344 e. The molecule has 1 aliphatic heterocycles. The molecule has 1 aliphatic rings. The molecule has 0 spiro atoms. The number of nitrogens with zero attached hydrogens (tertiary/aromatic N) is 2. The zero-order chi connectivity index (χ0) is 14.0. The van der Waals surface area contributed by atoms with E-state index in [1.807, 2.05) is 0 Å². The minimum Gasteiger partial charge on any atom is -0.329 e. The molecule has 2 atom stereocenters. The third-order valence-electron chi connectivity index (χ3n) is 5.10. The Hall–Kier alpha value is -0.120. The van der Waals surface area contributed by atoms with Gasteiger partial charge in [0.25, 0.3) is 0 Å². The second-order valence-electron chi connectivity index (χ2n) is 7.24. The van der Waals surface area contributed by atoms with Crippen molar-refractivity contribution >= 4 is 0 Å². The lowest BCUT2D eigenvalue weighted by Gasteiger charge is -2.48. The van der Waals surface area contributed by atoms with Crippen LogP contribution in [0.1, 0.15) is 47.0 Å². The van der Waals surface area contributed by atoms with E-state index in [4.69, 9.17) is 5.73 Å². The average molecular weight is 255 g/mol. The van der Waals surface area contributed by atoms with Crippen LogP contribution >= 0.6 is 0 Å². The Balaban J connectivity index is 2.86. The van der Waals surface area contributed by atoms with E-state index in [1.165, 1.54) is 32.4 Å². The Kier molecular flexibility index (Phi) is 5.22. The van der Waals surface area contributed by atoms with Crippen molar-refractivity contribution in [3.05, 3.63) is 0 Å². The summed E-state index contributed by atoms with van der Waals surface area (Å²) in [4.78, 5) is 5.00. The predicted octanol–water partition coefficient (Wildman–Crippen LogP) is 2.17. The average Bonchev–Trinajstić information content (AvgIpc) is 2.49. The fraction of sp³-hybridized carbons (Fsp3) is 1.00. The van der Waals surface area contributed by atoms with Crippen molar-refractivity contribution in [2.24, 2.45) is 11.1 Å². The molecule has 0 amide bonds. The van der Waals surface area contributed by atoms with Gasteiger partial charge in [0.2, 0.25) is 0 Å². The minimum atomic E-state index is 0.192. The first kappa shape index (κ1) is 15.9. The van der Waals surface area contributed by atoms with E-state index in [0.29, 0.717) is 11.5 Å². The summed E-state index contributed by atoms with van der Waals surface area (Å²) < 4.78 is 0. The first-order valence-electron chi connectivity index (χ1n) is 7.34. The van der Waals surface area contributed by atoms with Gasteiger partial charge in [0.15, 0.2) is 0 Å². The highest BCUT2D eigenvalue weighted by Crippen LogP contribution is 2.33. The van der Waals surface area contributed by atoms with Crippen LogP contribution in [0.4, 0.5) is 0 Å². The number of hydrogen-bond donors (Lipinski definition) is 1. The largest absolute Gasteiger partial charge is 0.329 e. The Morgan fingerprint density at radius 1 is 1.28 bits per heavy atom. The number of nitrogens with two attached hydrogens (primary N) is 1. The Bertz CT molecular complexity index is 259. The predicted molar refractivity (Wildman–Crippen MR) is 79.8 cm³/mol. The van der Waals surface area contributed by atoms with Crippen LogP contribution in [-0.4, -0.2) is 55.1 Å². The van der Waals surface area contributed by atoms with E-state index in [-0.39, 0.29) is 5.54 Å². The molecule has 0 bridgehead atoms. The molecule has 1 saturated heterocycles. The molecule has 0 aromatic heterocycles. The lowest BCUT2D eigenvalue weighted by Crippen LogP contribution is -2.58. The molecule has 0 radical (unpaired) electrons. The van der Waals surface area contributed by atoms with Crippen LogP contribution in [0.2, 0.25) is 0 Å². The number of hydrogen-bond acceptors (Lipinski definition) is 3. The van der Waals surface area contributed by atoms with Gasteiger partial charge >= 0.3 is 0 Å². The Labute approximate surface area is 114 Å². The van der Waals surface area contributed by atoms with E-state index < -0.39 is 0 Å². The topological polar surface area (TPSA) is 32.5 Å². The second-order valence-corrected chi connectivity index (χ2v) is 7.24. The molecule has 2 N–H and O–H groups in total. The summed E-state index contributed by atoms with van der Waals surface area (Å²) in [6.07, 6.45) is 3.68. The van der Waals surface area contributed by atoms with Gasteiger partial charge in [-0.3, -0.25) is 4.90 Å². The highest BCUT2D eigenvalue weighted by Gasteiger charge is 2.39. The lowest BCUT2D eigenvalue weighted by atomic mass is 9.81. The lowest BCUT2D eigenvalue weighted by molar-refractivity contribution is 0.0220. The van der Waals surface area contributed by atoms with Gasteiger partial charge in [0.1, 0.15) is 0 Å². The third kappa shape index (κ3) is 3.46. The summed E-state index contributed by atoms with van der Waals surface area (Å²) in [7, 11) is 4.49. The summed E-state index contributed by atoms with van der Waals surface area (Å²) in [6, 6.07) is 0.546. The van der Waals surface area contributed by atoms with Gasteiger partial charge in [-0.15, -0.1) is 0 Å². The molecule has 0 aromatic rings. The van der Waals surface area contributed by atoms with Crippen molar-refractivity contribution in [3.8, 4) is 0 Å². The maximum Gasteiger partial charge on any atom is 0.0344 e. The molecular formula is C15H33N3. The third-order valence-corrected chi connectivity index (χ3v) is 5.10. The van der Waals surface area contributed by atoms with Crippen LogP contribution in [0.5, 0.6) is 0 Å². The van der Waals surface area contributed by atoms with Gasteiger partial charge in [-0.2, -0.15) is 0 Å². The highest BCUT2D eigenvalue weighted by molar-refractivity contribution is 4.96. The van der Waals surface area contributed by atoms with Crippen molar-refractivity contribution in [1.29, 1.82) is 0 Å². The number of rotatable bonds is 3. The van der Waals surface area contributed by atoms with Gasteiger partial charge < -0.3 is 10.6 Å². The quantitative estimate of drug-likeness (QED) is 0.839. The molecule has 1 fully saturated rings. The zero-order valence-electron chi connectivity index (χ0n) is 13.3. The molecule has 0 saturated carbocycles. The van der Waals surface area contributed by atoms with Gasteiger partial charge in [0, 0.05) is 18.1 Å². The van der Waals surface area contributed by atoms with Gasteiger partial charge in [-0.1, -0.05) is 20.8 Å². The molecule has 3 nitrogen and oxygen atoms in total. The van der Waals surface area contributed by atoms with Crippen LogP contribution in [0.15, 0.2) is 0 Å². The van der Waals surface area contributed by atoms with Gasteiger partial charge in [-0.05, 0) is 58.8 Å². The molecule has 108 valence electrons. The monoisotopic (exact) mass is 255 g/mol. The fourth-order valence-electron chi connectivity index (χ4n) is 3.01. The second kappa shape index (κ2) is 5.89. The SMILES string of the molecule is CC(N(C)C1(CN)CCCN(C)CC1)C(C)(C)C. The molecule has 1 rings (SSSR count). The van der Waals surface area contributed by atoms with E-state index >= 15 is 0 Å². The highest BCUT2D eigenvalue weighted by atomic mass is 15.2.